The first-order valence-electron chi connectivity index (χ1n) is 6.45. The van der Waals surface area contributed by atoms with E-state index < -0.39 is 0 Å². The van der Waals surface area contributed by atoms with Crippen LogP contribution in [-0.4, -0.2) is 9.55 Å². The molecule has 1 aromatic heterocycles. The molecule has 0 aliphatic carbocycles. The molecular formula is C13H25N3. The van der Waals surface area contributed by atoms with E-state index in [9.17, 15) is 0 Å². The van der Waals surface area contributed by atoms with Crippen molar-refractivity contribution in [3.63, 3.8) is 0 Å². The van der Waals surface area contributed by atoms with E-state index in [0.29, 0.717) is 0 Å². The minimum absolute atomic E-state index is 0.0341. The first-order valence-corrected chi connectivity index (χ1v) is 6.45. The largest absolute Gasteiger partial charge is 0.319 e. The molecule has 1 aromatic rings. The average molecular weight is 223 g/mol. The van der Waals surface area contributed by atoms with Crippen LogP contribution in [0, 0.1) is 6.92 Å². The van der Waals surface area contributed by atoms with E-state index in [1.165, 1.54) is 32.1 Å². The lowest BCUT2D eigenvalue weighted by atomic mass is 10.1. The second-order valence-corrected chi connectivity index (χ2v) is 4.61. The number of rotatable bonds is 7. The van der Waals surface area contributed by atoms with E-state index in [1.54, 1.807) is 0 Å². The molecule has 0 aliphatic heterocycles. The zero-order valence-corrected chi connectivity index (χ0v) is 10.9. The molecular weight excluding hydrogens is 198 g/mol. The van der Waals surface area contributed by atoms with Crippen molar-refractivity contribution < 1.29 is 0 Å². The van der Waals surface area contributed by atoms with Crippen molar-refractivity contribution in [1.29, 1.82) is 0 Å². The van der Waals surface area contributed by atoms with Crippen LogP contribution in [0.15, 0.2) is 6.20 Å². The predicted molar refractivity (Wildman–Crippen MR) is 68.3 cm³/mol. The van der Waals surface area contributed by atoms with Gasteiger partial charge in [0.05, 0.1) is 11.9 Å². The summed E-state index contributed by atoms with van der Waals surface area (Å²) in [5.74, 6) is 1.14. The predicted octanol–water partition coefficient (Wildman–Crippen LogP) is 3.18. The fourth-order valence-corrected chi connectivity index (χ4v) is 1.99. The molecule has 1 heterocycles. The van der Waals surface area contributed by atoms with Gasteiger partial charge in [-0.15, -0.1) is 0 Å². The Morgan fingerprint density at radius 1 is 1.31 bits per heavy atom. The molecule has 1 unspecified atom stereocenters. The zero-order chi connectivity index (χ0) is 12.0. The maximum atomic E-state index is 5.90. The summed E-state index contributed by atoms with van der Waals surface area (Å²) < 4.78 is 2.09. The Bertz CT molecular complexity index is 302. The number of unbranched alkanes of at least 4 members (excludes halogenated alkanes) is 4. The average Bonchev–Trinajstić information content (AvgIpc) is 2.59. The van der Waals surface area contributed by atoms with Crippen LogP contribution >= 0.6 is 0 Å². The van der Waals surface area contributed by atoms with Gasteiger partial charge in [0.1, 0.15) is 5.82 Å². The van der Waals surface area contributed by atoms with E-state index in [-0.39, 0.29) is 6.17 Å². The lowest BCUT2D eigenvalue weighted by Gasteiger charge is -2.10. The van der Waals surface area contributed by atoms with Gasteiger partial charge in [0, 0.05) is 12.6 Å². The molecule has 0 saturated heterocycles. The van der Waals surface area contributed by atoms with E-state index >= 15 is 0 Å². The fraction of sp³-hybridized carbons (Fsp3) is 0.769. The van der Waals surface area contributed by atoms with Crippen molar-refractivity contribution in [3.8, 4) is 0 Å². The maximum Gasteiger partial charge on any atom is 0.110 e. The van der Waals surface area contributed by atoms with E-state index in [4.69, 9.17) is 5.73 Å². The van der Waals surface area contributed by atoms with Gasteiger partial charge in [-0.05, 0) is 20.3 Å². The quantitative estimate of drug-likeness (QED) is 0.721. The van der Waals surface area contributed by atoms with Crippen molar-refractivity contribution in [2.75, 3.05) is 0 Å². The first-order chi connectivity index (χ1) is 7.65. The molecule has 0 radical (unpaired) electrons. The molecule has 3 heteroatoms. The molecule has 0 bridgehead atoms. The minimum Gasteiger partial charge on any atom is -0.319 e. The molecule has 3 nitrogen and oxygen atoms in total. The van der Waals surface area contributed by atoms with E-state index in [0.717, 1.165) is 17.9 Å². The van der Waals surface area contributed by atoms with Gasteiger partial charge in [-0.25, -0.2) is 4.98 Å². The topological polar surface area (TPSA) is 43.8 Å². The van der Waals surface area contributed by atoms with Crippen molar-refractivity contribution in [3.05, 3.63) is 17.7 Å². The minimum atomic E-state index is 0.0341. The third kappa shape index (κ3) is 3.97. The third-order valence-electron chi connectivity index (χ3n) is 2.87. The molecule has 16 heavy (non-hydrogen) atoms. The van der Waals surface area contributed by atoms with Crippen LogP contribution in [0.4, 0.5) is 0 Å². The first kappa shape index (κ1) is 13.2. The highest BCUT2D eigenvalue weighted by atomic mass is 15.1. The molecule has 0 fully saturated rings. The van der Waals surface area contributed by atoms with Crippen molar-refractivity contribution in [2.24, 2.45) is 5.73 Å². The van der Waals surface area contributed by atoms with Crippen LogP contribution in [-0.2, 0) is 6.42 Å². The van der Waals surface area contributed by atoms with Gasteiger partial charge in [0.2, 0.25) is 0 Å². The molecule has 0 amide bonds. The van der Waals surface area contributed by atoms with E-state index in [1.807, 2.05) is 20.0 Å². The Morgan fingerprint density at radius 3 is 2.62 bits per heavy atom. The number of nitrogens with two attached hydrogens (primary N) is 1. The summed E-state index contributed by atoms with van der Waals surface area (Å²) in [6.07, 6.45) is 9.65. The molecule has 1 rings (SSSR count). The Labute approximate surface area is 99.1 Å². The van der Waals surface area contributed by atoms with Gasteiger partial charge >= 0.3 is 0 Å². The number of hydrogen-bond acceptors (Lipinski definition) is 2. The number of aromatic nitrogens is 2. The Kier molecular flexibility index (Phi) is 5.53. The molecule has 1 atom stereocenters. The molecule has 0 saturated carbocycles. The maximum absolute atomic E-state index is 5.90. The summed E-state index contributed by atoms with van der Waals surface area (Å²) in [6, 6.07) is 0. The van der Waals surface area contributed by atoms with Crippen molar-refractivity contribution >= 4 is 0 Å². The number of imidazole rings is 1. The number of hydrogen-bond donors (Lipinski definition) is 1. The van der Waals surface area contributed by atoms with Gasteiger partial charge < -0.3 is 10.3 Å². The SMILES string of the molecule is CCCCCCCc1nc(C)cn1C(C)N. The number of aryl methyl sites for hydroxylation is 2. The number of nitrogens with zero attached hydrogens (tertiary/aromatic N) is 2. The van der Waals surface area contributed by atoms with Gasteiger partial charge in [0.15, 0.2) is 0 Å². The van der Waals surface area contributed by atoms with Crippen LogP contribution in [0.1, 0.15) is 63.6 Å². The Morgan fingerprint density at radius 2 is 2.00 bits per heavy atom. The lowest BCUT2D eigenvalue weighted by molar-refractivity contribution is 0.529. The standard InChI is InChI=1S/C13H25N3/c1-4-5-6-7-8-9-13-15-11(2)10-16(13)12(3)14/h10,12H,4-9,14H2,1-3H3. The van der Waals surface area contributed by atoms with Crippen molar-refractivity contribution in [2.45, 2.75) is 65.5 Å². The van der Waals surface area contributed by atoms with Gasteiger partial charge in [-0.3, -0.25) is 0 Å². The third-order valence-corrected chi connectivity index (χ3v) is 2.87. The van der Waals surface area contributed by atoms with E-state index in [2.05, 4.69) is 16.5 Å². The van der Waals surface area contributed by atoms with Crippen LogP contribution < -0.4 is 5.73 Å². The highest BCUT2D eigenvalue weighted by Gasteiger charge is 2.07. The summed E-state index contributed by atoms with van der Waals surface area (Å²) in [7, 11) is 0. The van der Waals surface area contributed by atoms with Crippen LogP contribution in [0.3, 0.4) is 0 Å². The van der Waals surface area contributed by atoms with Crippen LogP contribution in [0.5, 0.6) is 0 Å². The summed E-state index contributed by atoms with van der Waals surface area (Å²) in [6.45, 7) is 6.27. The smallest absolute Gasteiger partial charge is 0.110 e. The highest BCUT2D eigenvalue weighted by Crippen LogP contribution is 2.12. The van der Waals surface area contributed by atoms with Crippen molar-refractivity contribution in [1.82, 2.24) is 9.55 Å². The van der Waals surface area contributed by atoms with Gasteiger partial charge in [0.25, 0.3) is 0 Å². The monoisotopic (exact) mass is 223 g/mol. The molecule has 0 aliphatic rings. The summed E-state index contributed by atoms with van der Waals surface area (Å²) >= 11 is 0. The Hall–Kier alpha value is -0.830. The van der Waals surface area contributed by atoms with Gasteiger partial charge in [-0.1, -0.05) is 32.6 Å². The molecule has 0 spiro atoms. The Balaban J connectivity index is 2.40. The highest BCUT2D eigenvalue weighted by molar-refractivity contribution is 5.03. The normalized spacial score (nSPS) is 13.0. The summed E-state index contributed by atoms with van der Waals surface area (Å²) in [5.41, 5.74) is 6.97. The summed E-state index contributed by atoms with van der Waals surface area (Å²) in [5, 5.41) is 0. The fourth-order valence-electron chi connectivity index (χ4n) is 1.99. The van der Waals surface area contributed by atoms with Crippen LogP contribution in [0.25, 0.3) is 0 Å². The van der Waals surface area contributed by atoms with Crippen LogP contribution in [0.2, 0.25) is 0 Å². The second-order valence-electron chi connectivity index (χ2n) is 4.61. The lowest BCUT2D eigenvalue weighted by Crippen LogP contribution is -2.16. The molecule has 92 valence electrons. The zero-order valence-electron chi connectivity index (χ0n) is 10.9. The molecule has 0 aromatic carbocycles. The van der Waals surface area contributed by atoms with Gasteiger partial charge in [-0.2, -0.15) is 0 Å². The molecule has 2 N–H and O–H groups in total. The summed E-state index contributed by atoms with van der Waals surface area (Å²) in [4.78, 5) is 4.53. The second kappa shape index (κ2) is 6.69.